The maximum atomic E-state index is 12.3. The van der Waals surface area contributed by atoms with Crippen LogP contribution in [-0.2, 0) is 25.7 Å². The number of hydrogen-bond acceptors (Lipinski definition) is 1. The summed E-state index contributed by atoms with van der Waals surface area (Å²) in [5.41, 5.74) is 7.44. The molecule has 148 valence electrons. The Bertz CT molecular complexity index is 838. The Kier molecular flexibility index (Phi) is 5.79. The Morgan fingerprint density at radius 2 is 1.64 bits per heavy atom. The van der Waals surface area contributed by atoms with Crippen molar-refractivity contribution in [3.63, 3.8) is 0 Å². The number of hydrogen-bond donors (Lipinski definition) is 0. The molecule has 2 aromatic rings. The third-order valence-corrected chi connectivity index (χ3v) is 6.30. The van der Waals surface area contributed by atoms with Crippen molar-refractivity contribution in [1.29, 1.82) is 0 Å². The third kappa shape index (κ3) is 4.14. The van der Waals surface area contributed by atoms with Crippen LogP contribution in [0.15, 0.2) is 48.6 Å². The van der Waals surface area contributed by atoms with E-state index in [1.807, 2.05) is 12.1 Å². The Morgan fingerprint density at radius 3 is 2.32 bits per heavy atom. The molecule has 2 aliphatic rings. The first-order valence-corrected chi connectivity index (χ1v) is 10.5. The van der Waals surface area contributed by atoms with Gasteiger partial charge >= 0.3 is 6.61 Å². The van der Waals surface area contributed by atoms with Crippen LogP contribution in [0.4, 0.5) is 8.78 Å². The van der Waals surface area contributed by atoms with E-state index in [4.69, 9.17) is 0 Å². The molecule has 0 fully saturated rings. The summed E-state index contributed by atoms with van der Waals surface area (Å²) in [5, 5.41) is 0. The first-order valence-electron chi connectivity index (χ1n) is 10.5. The maximum absolute atomic E-state index is 12.3. The van der Waals surface area contributed by atoms with Crippen molar-refractivity contribution < 1.29 is 13.5 Å². The summed E-state index contributed by atoms with van der Waals surface area (Å²) in [5.74, 6) is 1.38. The highest BCUT2D eigenvalue weighted by atomic mass is 19.3. The van der Waals surface area contributed by atoms with E-state index in [2.05, 4.69) is 35.9 Å². The van der Waals surface area contributed by atoms with Gasteiger partial charge in [-0.3, -0.25) is 0 Å². The minimum absolute atomic E-state index is 0.232. The minimum atomic E-state index is -2.77. The zero-order valence-corrected chi connectivity index (χ0v) is 16.5. The monoisotopic (exact) mass is 382 g/mol. The fourth-order valence-electron chi connectivity index (χ4n) is 4.89. The summed E-state index contributed by atoms with van der Waals surface area (Å²) in [7, 11) is 0. The molecule has 0 N–H and O–H groups in total. The van der Waals surface area contributed by atoms with Crippen LogP contribution in [0.2, 0.25) is 0 Å². The van der Waals surface area contributed by atoms with Gasteiger partial charge in [-0.1, -0.05) is 43.3 Å². The van der Waals surface area contributed by atoms with Gasteiger partial charge in [-0.2, -0.15) is 8.78 Å². The average Bonchev–Trinajstić information content (AvgIpc) is 2.71. The molecule has 0 radical (unpaired) electrons. The molecule has 0 saturated heterocycles. The van der Waals surface area contributed by atoms with Crippen molar-refractivity contribution in [2.75, 3.05) is 0 Å². The maximum Gasteiger partial charge on any atom is 0.387 e. The molecule has 2 atom stereocenters. The first kappa shape index (κ1) is 19.2. The minimum Gasteiger partial charge on any atom is -0.435 e. The molecule has 0 aliphatic heterocycles. The molecule has 0 aromatic heterocycles. The van der Waals surface area contributed by atoms with Gasteiger partial charge in [0.05, 0.1) is 0 Å². The van der Waals surface area contributed by atoms with Gasteiger partial charge in [-0.25, -0.2) is 0 Å². The van der Waals surface area contributed by atoms with Crippen LogP contribution in [-0.4, -0.2) is 6.61 Å². The van der Waals surface area contributed by atoms with Crippen molar-refractivity contribution in [3.05, 3.63) is 76.4 Å². The highest BCUT2D eigenvalue weighted by Crippen LogP contribution is 2.38. The lowest BCUT2D eigenvalue weighted by Crippen LogP contribution is -2.20. The molecule has 0 heterocycles. The highest BCUT2D eigenvalue weighted by Gasteiger charge is 2.26. The number of benzene rings is 2. The Labute approximate surface area is 166 Å². The van der Waals surface area contributed by atoms with Crippen LogP contribution in [0.3, 0.4) is 0 Å². The standard InChI is InChI=1S/C25H28F2O/c1-2-3-4-17-5-13-23-20(15-17)6-7-21-16-19(10-14-24(21)23)18-8-11-22(12-9-18)28-25(26)27/h3-4,6-9,11-12,17,19,25H,2,5,10,13-16H2,1H3. The van der Waals surface area contributed by atoms with Crippen LogP contribution < -0.4 is 4.74 Å². The number of halogens is 2. The molecule has 0 saturated carbocycles. The molecule has 3 heteroatoms. The first-order chi connectivity index (χ1) is 13.6. The van der Waals surface area contributed by atoms with Gasteiger partial charge in [0.1, 0.15) is 5.75 Å². The van der Waals surface area contributed by atoms with Crippen molar-refractivity contribution in [2.45, 2.75) is 64.4 Å². The van der Waals surface area contributed by atoms with Crippen molar-refractivity contribution in [1.82, 2.24) is 0 Å². The van der Waals surface area contributed by atoms with E-state index in [1.165, 1.54) is 30.4 Å². The summed E-state index contributed by atoms with van der Waals surface area (Å²) in [6.07, 6.45) is 12.7. The highest BCUT2D eigenvalue weighted by molar-refractivity contribution is 5.46. The molecular formula is C25H28F2O. The number of ether oxygens (including phenoxy) is 1. The molecular weight excluding hydrogens is 354 g/mol. The van der Waals surface area contributed by atoms with E-state index in [1.54, 1.807) is 28.8 Å². The molecule has 2 unspecified atom stereocenters. The smallest absolute Gasteiger partial charge is 0.387 e. The van der Waals surface area contributed by atoms with Crippen molar-refractivity contribution in [3.8, 4) is 5.75 Å². The van der Waals surface area contributed by atoms with E-state index < -0.39 is 6.61 Å². The summed E-state index contributed by atoms with van der Waals surface area (Å²) in [6.45, 7) is -0.574. The number of alkyl halides is 2. The van der Waals surface area contributed by atoms with Crippen molar-refractivity contribution in [2.24, 2.45) is 5.92 Å². The molecule has 0 bridgehead atoms. The van der Waals surface area contributed by atoms with Gasteiger partial charge in [0.25, 0.3) is 0 Å². The van der Waals surface area contributed by atoms with Gasteiger partial charge in [0.15, 0.2) is 0 Å². The third-order valence-electron chi connectivity index (χ3n) is 6.30. The predicted octanol–water partition coefficient (Wildman–Crippen LogP) is 6.63. The summed E-state index contributed by atoms with van der Waals surface area (Å²) >= 11 is 0. The second-order valence-corrected chi connectivity index (χ2v) is 8.07. The van der Waals surface area contributed by atoms with Crippen molar-refractivity contribution >= 4 is 0 Å². The van der Waals surface area contributed by atoms with E-state index >= 15 is 0 Å². The normalized spacial score (nSPS) is 21.6. The fraction of sp³-hybridized carbons (Fsp3) is 0.440. The number of fused-ring (bicyclic) bond motifs is 3. The number of rotatable bonds is 5. The average molecular weight is 382 g/mol. The molecule has 2 aliphatic carbocycles. The Balaban J connectivity index is 1.49. The molecule has 1 nitrogen and oxygen atoms in total. The Hall–Kier alpha value is -2.16. The summed E-state index contributed by atoms with van der Waals surface area (Å²) in [4.78, 5) is 0. The van der Waals surface area contributed by atoms with E-state index in [9.17, 15) is 8.78 Å². The second-order valence-electron chi connectivity index (χ2n) is 8.07. The zero-order valence-electron chi connectivity index (χ0n) is 16.5. The van der Waals surface area contributed by atoms with Gasteiger partial charge in [0.2, 0.25) is 0 Å². The SMILES string of the molecule is CCC=CC1CCc2c(ccc3c2CCC(c2ccc(OC(F)F)cc2)C3)C1. The van der Waals surface area contributed by atoms with Gasteiger partial charge < -0.3 is 4.74 Å². The summed E-state index contributed by atoms with van der Waals surface area (Å²) in [6, 6.07) is 11.9. The van der Waals surface area contributed by atoms with Crippen LogP contribution in [0.1, 0.15) is 59.9 Å². The summed E-state index contributed by atoms with van der Waals surface area (Å²) < 4.78 is 29.1. The molecule has 4 rings (SSSR count). The fourth-order valence-corrected chi connectivity index (χ4v) is 4.89. The van der Waals surface area contributed by atoms with Gasteiger partial charge in [0, 0.05) is 0 Å². The van der Waals surface area contributed by atoms with Crippen LogP contribution in [0.25, 0.3) is 0 Å². The topological polar surface area (TPSA) is 9.23 Å². The predicted molar refractivity (Wildman–Crippen MR) is 109 cm³/mol. The van der Waals surface area contributed by atoms with Crippen LogP contribution >= 0.6 is 0 Å². The molecule has 0 spiro atoms. The molecule has 2 aromatic carbocycles. The Morgan fingerprint density at radius 1 is 0.964 bits per heavy atom. The second kappa shape index (κ2) is 8.46. The lowest BCUT2D eigenvalue weighted by atomic mass is 9.74. The van der Waals surface area contributed by atoms with Crippen LogP contribution in [0, 0.1) is 5.92 Å². The van der Waals surface area contributed by atoms with E-state index in [0.29, 0.717) is 11.8 Å². The largest absolute Gasteiger partial charge is 0.435 e. The molecule has 28 heavy (non-hydrogen) atoms. The zero-order chi connectivity index (χ0) is 19.5. The van der Waals surface area contributed by atoms with Crippen LogP contribution in [0.5, 0.6) is 5.75 Å². The lowest BCUT2D eigenvalue weighted by molar-refractivity contribution is -0.0498. The number of allylic oxidation sites excluding steroid dienone is 2. The van der Waals surface area contributed by atoms with Gasteiger partial charge in [-0.15, -0.1) is 0 Å². The van der Waals surface area contributed by atoms with E-state index in [-0.39, 0.29) is 5.75 Å². The lowest BCUT2D eigenvalue weighted by Gasteiger charge is -2.31. The van der Waals surface area contributed by atoms with Gasteiger partial charge in [-0.05, 0) is 96.7 Å². The van der Waals surface area contributed by atoms with E-state index in [0.717, 1.165) is 25.7 Å². The quantitative estimate of drug-likeness (QED) is 0.527. The molecule has 0 amide bonds.